The number of aryl methyl sites for hydroxylation is 1. The zero-order chi connectivity index (χ0) is 17.1. The minimum atomic E-state index is 0. The Labute approximate surface area is 171 Å². The van der Waals surface area contributed by atoms with Crippen LogP contribution in [0.25, 0.3) is 17.6 Å². The molecule has 0 amide bonds. The number of hydrogen-bond acceptors (Lipinski definition) is 3. The van der Waals surface area contributed by atoms with Gasteiger partial charge < -0.3 is 17.7 Å². The summed E-state index contributed by atoms with van der Waals surface area (Å²) in [5, 5.41) is 4.69. The lowest BCUT2D eigenvalue weighted by Crippen LogP contribution is -3.00. The van der Waals surface area contributed by atoms with E-state index in [2.05, 4.69) is 10.3 Å². The van der Waals surface area contributed by atoms with E-state index < -0.39 is 0 Å². The van der Waals surface area contributed by atoms with Crippen LogP contribution in [0.5, 0.6) is 0 Å². The number of hydrogen-bond donors (Lipinski definition) is 1. The zero-order valence-electron chi connectivity index (χ0n) is 13.0. The fourth-order valence-corrected chi connectivity index (χ4v) is 3.39. The molecule has 0 aliphatic rings. The van der Waals surface area contributed by atoms with Crippen molar-refractivity contribution in [2.75, 3.05) is 5.32 Å². The van der Waals surface area contributed by atoms with Crippen LogP contribution in [0.1, 0.15) is 5.56 Å². The highest BCUT2D eigenvalue weighted by atomic mass is 35.5. The molecule has 3 rings (SSSR count). The smallest absolute Gasteiger partial charge is 0.350 e. The Morgan fingerprint density at radius 1 is 1.08 bits per heavy atom. The molecule has 0 saturated carbocycles. The van der Waals surface area contributed by atoms with Gasteiger partial charge in [-0.1, -0.05) is 52.5 Å². The number of anilines is 2. The van der Waals surface area contributed by atoms with Crippen LogP contribution in [-0.4, -0.2) is 4.98 Å². The number of nitrogens with zero attached hydrogens (tertiary/aromatic N) is 2. The minimum absolute atomic E-state index is 0. The van der Waals surface area contributed by atoms with Gasteiger partial charge in [-0.05, 0) is 48.3 Å². The van der Waals surface area contributed by atoms with Crippen molar-refractivity contribution in [3.05, 3.63) is 63.6 Å². The molecule has 0 aliphatic heterocycles. The summed E-state index contributed by atoms with van der Waals surface area (Å²) in [7, 11) is 0. The molecule has 0 fully saturated rings. The summed E-state index contributed by atoms with van der Waals surface area (Å²) in [4.78, 5) is 4.65. The molecule has 8 heteroatoms. The fourth-order valence-electron chi connectivity index (χ4n) is 2.08. The van der Waals surface area contributed by atoms with Gasteiger partial charge in [-0.15, -0.1) is 3.96 Å². The van der Waals surface area contributed by atoms with E-state index in [1.807, 2.05) is 59.4 Å². The first-order valence-electron chi connectivity index (χ1n) is 7.06. The van der Waals surface area contributed by atoms with Crippen LogP contribution >= 0.6 is 46.3 Å². The van der Waals surface area contributed by atoms with E-state index >= 15 is 0 Å². The highest BCUT2D eigenvalue weighted by Gasteiger charge is 2.22. The molecule has 1 aromatic heterocycles. The van der Waals surface area contributed by atoms with Gasteiger partial charge >= 0.3 is 11.0 Å². The monoisotopic (exact) mass is 431 g/mol. The average Bonchev–Trinajstić information content (AvgIpc) is 2.92. The summed E-state index contributed by atoms with van der Waals surface area (Å²) in [6.45, 7) is 2.05. The lowest BCUT2D eigenvalue weighted by Gasteiger charge is -1.98. The normalized spacial score (nSPS) is 10.1. The molecule has 1 heterocycles. The first-order chi connectivity index (χ1) is 11.5. The van der Waals surface area contributed by atoms with Crippen molar-refractivity contribution in [3.8, 4) is 11.4 Å². The van der Waals surface area contributed by atoms with Crippen molar-refractivity contribution in [1.29, 1.82) is 0 Å². The Bertz CT molecular complexity index is 870. The first kappa shape index (κ1) is 20.0. The van der Waals surface area contributed by atoms with Crippen LogP contribution in [0.3, 0.4) is 0 Å². The zero-order valence-corrected chi connectivity index (χ0v) is 16.9. The maximum absolute atomic E-state index is 5.96. The summed E-state index contributed by atoms with van der Waals surface area (Å²) < 4.78 is 1.97. The maximum atomic E-state index is 5.96. The third-order valence-corrected chi connectivity index (χ3v) is 4.51. The molecule has 2 aromatic carbocycles. The molecular weight excluding hydrogens is 420 g/mol. The third kappa shape index (κ3) is 5.33. The molecule has 0 radical (unpaired) electrons. The summed E-state index contributed by atoms with van der Waals surface area (Å²) in [6.07, 6.45) is 1.62. The van der Waals surface area contributed by atoms with E-state index in [0.29, 0.717) is 5.02 Å². The molecule has 25 heavy (non-hydrogen) atoms. The molecule has 1 N–H and O–H groups in total. The third-order valence-electron chi connectivity index (χ3n) is 3.22. The number of halogens is 4. The van der Waals surface area contributed by atoms with Gasteiger partial charge in [0, 0.05) is 10.7 Å². The SMILES string of the molecule is Cc1ccc(Nc2nc(-c3ccc(Cl)cc3)[n+](C=C(Cl)Cl)s2)cc1.[Cl-]. The van der Waals surface area contributed by atoms with Gasteiger partial charge in [0.15, 0.2) is 0 Å². The predicted octanol–water partition coefficient (Wildman–Crippen LogP) is 3.04. The highest BCUT2D eigenvalue weighted by Crippen LogP contribution is 2.25. The highest BCUT2D eigenvalue weighted by molar-refractivity contribution is 7.06. The Hall–Kier alpha value is -1.30. The summed E-state index contributed by atoms with van der Waals surface area (Å²) in [5.74, 6) is 0.727. The Balaban J connectivity index is 0.00000225. The average molecular weight is 433 g/mol. The Kier molecular flexibility index (Phi) is 7.11. The van der Waals surface area contributed by atoms with Gasteiger partial charge in [0.2, 0.25) is 0 Å². The van der Waals surface area contributed by atoms with Gasteiger partial charge in [-0.3, -0.25) is 0 Å². The van der Waals surface area contributed by atoms with Crippen molar-refractivity contribution >= 4 is 63.4 Å². The second-order valence-electron chi connectivity index (χ2n) is 5.07. The van der Waals surface area contributed by atoms with Crippen molar-refractivity contribution in [3.63, 3.8) is 0 Å². The molecule has 0 unspecified atom stereocenters. The van der Waals surface area contributed by atoms with Crippen molar-refractivity contribution < 1.29 is 16.4 Å². The quantitative estimate of drug-likeness (QED) is 0.642. The van der Waals surface area contributed by atoms with Gasteiger partial charge in [-0.2, -0.15) is 0 Å². The van der Waals surface area contributed by atoms with Crippen LogP contribution < -0.4 is 21.7 Å². The van der Waals surface area contributed by atoms with Crippen LogP contribution in [0.2, 0.25) is 5.02 Å². The van der Waals surface area contributed by atoms with E-state index in [0.717, 1.165) is 22.2 Å². The van der Waals surface area contributed by atoms with Crippen molar-refractivity contribution in [2.45, 2.75) is 6.92 Å². The number of rotatable bonds is 4. The topological polar surface area (TPSA) is 28.8 Å². The minimum Gasteiger partial charge on any atom is -1.00 e. The molecule has 0 bridgehead atoms. The molecule has 130 valence electrons. The second kappa shape index (κ2) is 8.88. The lowest BCUT2D eigenvalue weighted by molar-refractivity contribution is -0.480. The molecule has 0 saturated heterocycles. The van der Waals surface area contributed by atoms with E-state index in [4.69, 9.17) is 34.8 Å². The van der Waals surface area contributed by atoms with Crippen molar-refractivity contribution in [1.82, 2.24) is 4.98 Å². The van der Waals surface area contributed by atoms with E-state index in [1.165, 1.54) is 17.1 Å². The number of nitrogens with one attached hydrogen (secondary N) is 1. The molecule has 3 nitrogen and oxygen atoms in total. The fraction of sp³-hybridized carbons (Fsp3) is 0.0588. The van der Waals surface area contributed by atoms with E-state index in [9.17, 15) is 0 Å². The number of benzene rings is 2. The second-order valence-corrected chi connectivity index (χ2v) is 7.48. The van der Waals surface area contributed by atoms with E-state index in [-0.39, 0.29) is 16.9 Å². The number of aromatic nitrogens is 2. The van der Waals surface area contributed by atoms with Crippen LogP contribution in [-0.2, 0) is 0 Å². The van der Waals surface area contributed by atoms with Gasteiger partial charge in [0.25, 0.3) is 0 Å². The molecule has 3 aromatic rings. The first-order valence-corrected chi connectivity index (χ1v) is 8.97. The van der Waals surface area contributed by atoms with Gasteiger partial charge in [0.05, 0.1) is 5.56 Å². The van der Waals surface area contributed by atoms with Crippen LogP contribution in [0, 0.1) is 6.92 Å². The Morgan fingerprint density at radius 2 is 1.72 bits per heavy atom. The van der Waals surface area contributed by atoms with E-state index in [1.54, 1.807) is 6.20 Å². The summed E-state index contributed by atoms with van der Waals surface area (Å²) in [5.41, 5.74) is 3.08. The van der Waals surface area contributed by atoms with Crippen molar-refractivity contribution in [2.24, 2.45) is 0 Å². The van der Waals surface area contributed by atoms with Crippen LogP contribution in [0.15, 0.2) is 53.0 Å². The molecule has 0 atom stereocenters. The van der Waals surface area contributed by atoms with Crippen LogP contribution in [0.4, 0.5) is 10.8 Å². The predicted molar refractivity (Wildman–Crippen MR) is 103 cm³/mol. The van der Waals surface area contributed by atoms with Gasteiger partial charge in [-0.25, -0.2) is 0 Å². The van der Waals surface area contributed by atoms with Gasteiger partial charge in [0.1, 0.15) is 22.2 Å². The summed E-state index contributed by atoms with van der Waals surface area (Å²) >= 11 is 19.0. The largest absolute Gasteiger partial charge is 1.00 e. The standard InChI is InChI=1S/C17H12Cl3N3S.ClH/c1-11-2-8-14(9-3-11)21-17-22-16(23(24-17)10-15(19)20)12-4-6-13(18)7-5-12;/h2-10H,1H3;1H. The Morgan fingerprint density at radius 3 is 2.32 bits per heavy atom. The molecule has 0 aliphatic carbocycles. The maximum Gasteiger partial charge on any atom is 0.350 e. The lowest BCUT2D eigenvalue weighted by atomic mass is 10.2. The molecule has 0 spiro atoms. The molecular formula is C17H13Cl4N3S. The summed E-state index contributed by atoms with van der Waals surface area (Å²) in [6, 6.07) is 15.5.